The van der Waals surface area contributed by atoms with Crippen molar-refractivity contribution in [2.45, 2.75) is 44.4 Å². The number of carbonyl (C=O) groups is 2. The highest BCUT2D eigenvalue weighted by Crippen LogP contribution is 2.36. The molecule has 2 aromatic rings. The maximum atomic E-state index is 14.0. The molecule has 0 aromatic heterocycles. The number of benzene rings is 2. The number of urea groups is 1. The van der Waals surface area contributed by atoms with E-state index in [4.69, 9.17) is 14.6 Å². The second-order valence-corrected chi connectivity index (χ2v) is 9.31. The van der Waals surface area contributed by atoms with Gasteiger partial charge in [0.1, 0.15) is 24.0 Å². The standard InChI is InChI=1S/C27H27F2N3O5/c28-19-5-8-22(21(29)14-19)31-27(35)32-11-12-36-24-13-17(3-9-23(24)32)18-4-10-25(30-15-18)37-20-6-1-16(2-7-20)26(33)34/h3-5,8-9,13-16,20,25H,1-2,6-7,10-12H2,(H,31,35)(H,33,34). The van der Waals surface area contributed by atoms with Crippen LogP contribution in [-0.4, -0.2) is 48.8 Å². The van der Waals surface area contributed by atoms with Gasteiger partial charge in [0.25, 0.3) is 0 Å². The first kappa shape index (κ1) is 24.9. The molecule has 2 heterocycles. The summed E-state index contributed by atoms with van der Waals surface area (Å²) in [7, 11) is 0. The number of dihydropyridines is 1. The number of aliphatic imine (C=N–C) groups is 1. The van der Waals surface area contributed by atoms with Gasteiger partial charge in [-0.3, -0.25) is 14.7 Å². The molecule has 2 N–H and O–H groups in total. The number of fused-ring (bicyclic) bond motifs is 1. The molecule has 0 radical (unpaired) electrons. The van der Waals surface area contributed by atoms with Gasteiger partial charge in [-0.05, 0) is 61.1 Å². The van der Waals surface area contributed by atoms with E-state index in [-0.39, 0.29) is 37.1 Å². The Balaban J connectivity index is 1.21. The van der Waals surface area contributed by atoms with Crippen molar-refractivity contribution >= 4 is 35.2 Å². The number of nitrogens with zero attached hydrogens (tertiary/aromatic N) is 2. The van der Waals surface area contributed by atoms with Gasteiger partial charge in [0, 0.05) is 18.7 Å². The van der Waals surface area contributed by atoms with E-state index >= 15 is 0 Å². The minimum absolute atomic E-state index is 0.0189. The van der Waals surface area contributed by atoms with Crippen LogP contribution in [0.2, 0.25) is 0 Å². The number of carbonyl (C=O) groups excluding carboxylic acids is 1. The van der Waals surface area contributed by atoms with Gasteiger partial charge in [0.2, 0.25) is 0 Å². The minimum Gasteiger partial charge on any atom is -0.490 e. The average molecular weight is 512 g/mol. The molecule has 194 valence electrons. The van der Waals surface area contributed by atoms with Gasteiger partial charge < -0.3 is 19.9 Å². The van der Waals surface area contributed by atoms with Gasteiger partial charge >= 0.3 is 12.0 Å². The Hall–Kier alpha value is -3.79. The van der Waals surface area contributed by atoms with Crippen LogP contribution >= 0.6 is 0 Å². The van der Waals surface area contributed by atoms with E-state index in [2.05, 4.69) is 10.3 Å². The topological polar surface area (TPSA) is 100 Å². The van der Waals surface area contributed by atoms with Gasteiger partial charge in [-0.2, -0.15) is 0 Å². The van der Waals surface area contributed by atoms with Crippen LogP contribution in [0.5, 0.6) is 5.75 Å². The van der Waals surface area contributed by atoms with Gasteiger partial charge in [-0.15, -0.1) is 0 Å². The van der Waals surface area contributed by atoms with Gasteiger partial charge in [-0.25, -0.2) is 13.6 Å². The molecular formula is C27H27F2N3O5. The number of anilines is 2. The van der Waals surface area contributed by atoms with Crippen LogP contribution in [0.4, 0.5) is 25.0 Å². The molecule has 37 heavy (non-hydrogen) atoms. The molecule has 2 aromatic carbocycles. The van der Waals surface area contributed by atoms with Gasteiger partial charge in [0.05, 0.1) is 29.9 Å². The normalized spacial score (nSPS) is 23.0. The molecule has 1 unspecified atom stereocenters. The van der Waals surface area contributed by atoms with Crippen molar-refractivity contribution in [2.24, 2.45) is 10.9 Å². The number of hydrogen-bond acceptors (Lipinski definition) is 5. The monoisotopic (exact) mass is 511 g/mol. The van der Waals surface area contributed by atoms with Crippen molar-refractivity contribution in [2.75, 3.05) is 23.4 Å². The van der Waals surface area contributed by atoms with Crippen LogP contribution in [0.3, 0.4) is 0 Å². The van der Waals surface area contributed by atoms with E-state index in [0.29, 0.717) is 36.8 Å². The Kier molecular flexibility index (Phi) is 7.18. The fraction of sp³-hybridized carbons (Fsp3) is 0.370. The van der Waals surface area contributed by atoms with Crippen molar-refractivity contribution < 1.29 is 33.0 Å². The number of nitrogens with one attached hydrogen (secondary N) is 1. The number of hydrogen-bond donors (Lipinski definition) is 2. The third-order valence-corrected chi connectivity index (χ3v) is 6.87. The summed E-state index contributed by atoms with van der Waals surface area (Å²) in [5, 5.41) is 11.6. The number of carboxylic acid groups (broad SMARTS) is 1. The lowest BCUT2D eigenvalue weighted by atomic mass is 9.87. The number of amides is 2. The van der Waals surface area contributed by atoms with E-state index in [1.54, 1.807) is 12.3 Å². The molecular weight excluding hydrogens is 484 g/mol. The van der Waals surface area contributed by atoms with Gasteiger partial charge in [-0.1, -0.05) is 12.1 Å². The van der Waals surface area contributed by atoms with Crippen LogP contribution in [0.25, 0.3) is 5.57 Å². The molecule has 1 saturated carbocycles. The third-order valence-electron chi connectivity index (χ3n) is 6.87. The summed E-state index contributed by atoms with van der Waals surface area (Å²) in [6.07, 6.45) is 6.80. The summed E-state index contributed by atoms with van der Waals surface area (Å²) in [6.45, 7) is 0.543. The van der Waals surface area contributed by atoms with E-state index in [0.717, 1.165) is 30.0 Å². The highest BCUT2D eigenvalue weighted by Gasteiger charge is 2.29. The molecule has 1 fully saturated rings. The Morgan fingerprint density at radius 1 is 1.11 bits per heavy atom. The quantitative estimate of drug-likeness (QED) is 0.572. The number of ether oxygens (including phenoxy) is 2. The smallest absolute Gasteiger partial charge is 0.326 e. The minimum atomic E-state index is -0.851. The second kappa shape index (κ2) is 10.7. The highest BCUT2D eigenvalue weighted by atomic mass is 19.1. The largest absolute Gasteiger partial charge is 0.490 e. The van der Waals surface area contributed by atoms with E-state index in [1.165, 1.54) is 11.0 Å². The molecule has 2 amide bonds. The molecule has 10 heteroatoms. The lowest BCUT2D eigenvalue weighted by molar-refractivity contribution is -0.144. The van der Waals surface area contributed by atoms with Crippen molar-refractivity contribution in [1.82, 2.24) is 0 Å². The number of carboxylic acids is 1. The number of allylic oxidation sites excluding steroid dienone is 1. The number of halogens is 2. The lowest BCUT2D eigenvalue weighted by Gasteiger charge is -2.30. The molecule has 1 aliphatic carbocycles. The zero-order chi connectivity index (χ0) is 25.9. The van der Waals surface area contributed by atoms with Crippen molar-refractivity contribution in [1.29, 1.82) is 0 Å². The van der Waals surface area contributed by atoms with Crippen molar-refractivity contribution in [3.63, 3.8) is 0 Å². The highest BCUT2D eigenvalue weighted by molar-refractivity contribution is 6.11. The van der Waals surface area contributed by atoms with E-state index in [1.807, 2.05) is 18.2 Å². The summed E-state index contributed by atoms with van der Waals surface area (Å²) >= 11 is 0. The Labute approximate surface area is 212 Å². The number of rotatable bonds is 5. The molecule has 5 rings (SSSR count). The van der Waals surface area contributed by atoms with E-state index < -0.39 is 23.6 Å². The second-order valence-electron chi connectivity index (χ2n) is 9.31. The number of aliphatic carboxylic acids is 1. The molecule has 0 saturated heterocycles. The van der Waals surface area contributed by atoms with Crippen molar-refractivity contribution in [3.05, 3.63) is 59.7 Å². The van der Waals surface area contributed by atoms with Crippen LogP contribution in [0.15, 0.2) is 47.5 Å². The zero-order valence-electron chi connectivity index (χ0n) is 20.0. The van der Waals surface area contributed by atoms with Crippen LogP contribution in [0, 0.1) is 17.6 Å². The summed E-state index contributed by atoms with van der Waals surface area (Å²) in [4.78, 5) is 30.0. The molecule has 2 aliphatic heterocycles. The fourth-order valence-corrected chi connectivity index (χ4v) is 4.84. The Morgan fingerprint density at radius 2 is 1.92 bits per heavy atom. The molecule has 8 nitrogen and oxygen atoms in total. The van der Waals surface area contributed by atoms with Crippen LogP contribution in [0.1, 0.15) is 37.7 Å². The fourth-order valence-electron chi connectivity index (χ4n) is 4.84. The maximum Gasteiger partial charge on any atom is 0.326 e. The molecule has 0 spiro atoms. The molecule has 1 atom stereocenters. The SMILES string of the molecule is O=C(O)C1CCC(OC2CC=C(c3ccc4c(c3)OCCN4C(=O)Nc3ccc(F)cc3F)C=N2)CC1. The van der Waals surface area contributed by atoms with Crippen molar-refractivity contribution in [3.8, 4) is 5.75 Å². The molecule has 0 bridgehead atoms. The average Bonchev–Trinajstić information content (AvgIpc) is 2.90. The van der Waals surface area contributed by atoms with Crippen LogP contribution in [-0.2, 0) is 9.53 Å². The summed E-state index contributed by atoms with van der Waals surface area (Å²) in [6, 6.07) is 7.89. The van der Waals surface area contributed by atoms with E-state index in [9.17, 15) is 18.4 Å². The first-order chi connectivity index (χ1) is 17.9. The Bertz CT molecular complexity index is 1260. The van der Waals surface area contributed by atoms with Gasteiger partial charge in [0.15, 0.2) is 6.23 Å². The predicted molar refractivity (Wildman–Crippen MR) is 134 cm³/mol. The third kappa shape index (κ3) is 5.64. The predicted octanol–water partition coefficient (Wildman–Crippen LogP) is 5.24. The zero-order valence-corrected chi connectivity index (χ0v) is 20.0. The first-order valence-corrected chi connectivity index (χ1v) is 12.3. The summed E-state index contributed by atoms with van der Waals surface area (Å²) < 4.78 is 39.0. The molecule has 3 aliphatic rings. The maximum absolute atomic E-state index is 14.0. The first-order valence-electron chi connectivity index (χ1n) is 12.3. The lowest BCUT2D eigenvalue weighted by Crippen LogP contribution is -2.40. The van der Waals surface area contributed by atoms with Crippen LogP contribution < -0.4 is 15.0 Å². The summed E-state index contributed by atoms with van der Waals surface area (Å²) in [5.74, 6) is -2.07. The summed E-state index contributed by atoms with van der Waals surface area (Å²) in [5.41, 5.74) is 2.21. The Morgan fingerprint density at radius 3 is 2.62 bits per heavy atom.